The third kappa shape index (κ3) is 4.59. The molecule has 3 rings (SSSR count). The lowest BCUT2D eigenvalue weighted by atomic mass is 9.86. The first-order chi connectivity index (χ1) is 14.0. The average Bonchev–Trinajstić information content (AvgIpc) is 2.64. The van der Waals surface area contributed by atoms with Crippen LogP contribution in [0.1, 0.15) is 31.3 Å². The van der Waals surface area contributed by atoms with Crippen molar-refractivity contribution in [1.82, 2.24) is 15.0 Å². The number of fused-ring (bicyclic) bond motifs is 1. The molecule has 0 aliphatic heterocycles. The van der Waals surface area contributed by atoms with Crippen molar-refractivity contribution in [3.63, 3.8) is 0 Å². The first-order valence-electron chi connectivity index (χ1n) is 9.09. The van der Waals surface area contributed by atoms with Gasteiger partial charge in [0.2, 0.25) is 5.91 Å². The molecule has 30 heavy (non-hydrogen) atoms. The molecule has 0 radical (unpaired) electrons. The molecule has 1 atom stereocenters. The Labute approximate surface area is 172 Å². The highest BCUT2D eigenvalue weighted by Crippen LogP contribution is 2.25. The highest BCUT2D eigenvalue weighted by atomic mass is 19.1. The van der Waals surface area contributed by atoms with Crippen LogP contribution < -0.4 is 22.1 Å². The van der Waals surface area contributed by atoms with Gasteiger partial charge in [0.15, 0.2) is 11.5 Å². The van der Waals surface area contributed by atoms with E-state index in [1.807, 2.05) is 20.8 Å². The van der Waals surface area contributed by atoms with Crippen molar-refractivity contribution in [2.75, 3.05) is 10.6 Å². The molecule has 0 aliphatic carbocycles. The van der Waals surface area contributed by atoms with Gasteiger partial charge < -0.3 is 22.1 Å². The van der Waals surface area contributed by atoms with Crippen molar-refractivity contribution >= 4 is 40.0 Å². The molecular formula is C20H22FN7O2. The van der Waals surface area contributed by atoms with Crippen LogP contribution in [0.5, 0.6) is 0 Å². The predicted molar refractivity (Wildman–Crippen MR) is 112 cm³/mol. The van der Waals surface area contributed by atoms with Crippen molar-refractivity contribution in [3.8, 4) is 0 Å². The fraction of sp³-hybridized carbons (Fsp3) is 0.250. The van der Waals surface area contributed by atoms with Crippen LogP contribution in [0.2, 0.25) is 0 Å². The number of nitrogens with two attached hydrogens (primary N) is 2. The minimum atomic E-state index is -0.793. The van der Waals surface area contributed by atoms with Crippen LogP contribution in [-0.4, -0.2) is 32.8 Å². The summed E-state index contributed by atoms with van der Waals surface area (Å²) >= 11 is 0. The lowest BCUT2D eigenvalue weighted by Crippen LogP contribution is -2.45. The molecule has 2 aromatic heterocycles. The fourth-order valence-corrected chi connectivity index (χ4v) is 2.90. The van der Waals surface area contributed by atoms with Gasteiger partial charge in [0, 0.05) is 5.39 Å². The molecule has 156 valence electrons. The molecule has 0 spiro atoms. The molecule has 3 aromatic rings. The summed E-state index contributed by atoms with van der Waals surface area (Å²) in [5.41, 5.74) is 11.4. The Kier molecular flexibility index (Phi) is 5.50. The van der Waals surface area contributed by atoms with Crippen LogP contribution >= 0.6 is 0 Å². The van der Waals surface area contributed by atoms with E-state index in [9.17, 15) is 14.0 Å². The number of anilines is 3. The topological polar surface area (TPSA) is 149 Å². The van der Waals surface area contributed by atoms with E-state index in [0.29, 0.717) is 16.6 Å². The van der Waals surface area contributed by atoms with E-state index in [1.165, 1.54) is 24.5 Å². The van der Waals surface area contributed by atoms with Crippen molar-refractivity contribution in [1.29, 1.82) is 0 Å². The van der Waals surface area contributed by atoms with Crippen LogP contribution in [0.25, 0.3) is 10.9 Å². The van der Waals surface area contributed by atoms with Crippen LogP contribution in [0.3, 0.4) is 0 Å². The molecule has 0 saturated carbocycles. The zero-order valence-electron chi connectivity index (χ0n) is 16.7. The Bertz CT molecular complexity index is 1130. The molecule has 2 amide bonds. The molecule has 0 bridgehead atoms. The largest absolute Gasteiger partial charge is 0.368 e. The molecular weight excluding hydrogens is 389 g/mol. The number of primary amides is 2. The number of nitrogens with one attached hydrogen (secondary N) is 2. The Hall–Kier alpha value is -3.82. The second kappa shape index (κ2) is 7.90. The number of pyridine rings is 1. The van der Waals surface area contributed by atoms with E-state index in [2.05, 4.69) is 25.6 Å². The Balaban J connectivity index is 1.97. The molecule has 1 aromatic carbocycles. The Morgan fingerprint density at radius 1 is 1.10 bits per heavy atom. The van der Waals surface area contributed by atoms with Gasteiger partial charge in [0.1, 0.15) is 17.7 Å². The molecule has 0 unspecified atom stereocenters. The maximum Gasteiger partial charge on any atom is 0.271 e. The highest BCUT2D eigenvalue weighted by molar-refractivity contribution is 5.96. The lowest BCUT2D eigenvalue weighted by Gasteiger charge is -2.29. The van der Waals surface area contributed by atoms with Gasteiger partial charge in [-0.25, -0.2) is 14.4 Å². The molecule has 2 heterocycles. The summed E-state index contributed by atoms with van der Waals surface area (Å²) < 4.78 is 13.5. The summed E-state index contributed by atoms with van der Waals surface area (Å²) in [4.78, 5) is 36.3. The number of halogens is 1. The zero-order chi connectivity index (χ0) is 22.1. The second-order valence-corrected chi connectivity index (χ2v) is 7.85. The maximum absolute atomic E-state index is 13.5. The monoisotopic (exact) mass is 411 g/mol. The fourth-order valence-electron chi connectivity index (χ4n) is 2.90. The van der Waals surface area contributed by atoms with E-state index in [4.69, 9.17) is 11.5 Å². The van der Waals surface area contributed by atoms with Gasteiger partial charge in [-0.2, -0.15) is 0 Å². The van der Waals surface area contributed by atoms with Gasteiger partial charge >= 0.3 is 0 Å². The molecule has 0 fully saturated rings. The number of nitrogens with zero attached hydrogens (tertiary/aromatic N) is 3. The predicted octanol–water partition coefficient (Wildman–Crippen LogP) is 2.32. The highest BCUT2D eigenvalue weighted by Gasteiger charge is 2.30. The Morgan fingerprint density at radius 2 is 1.83 bits per heavy atom. The molecule has 0 aliphatic rings. The summed E-state index contributed by atoms with van der Waals surface area (Å²) in [6.45, 7) is 5.54. The smallest absolute Gasteiger partial charge is 0.271 e. The van der Waals surface area contributed by atoms with E-state index >= 15 is 0 Å². The van der Waals surface area contributed by atoms with Crippen LogP contribution in [-0.2, 0) is 4.79 Å². The summed E-state index contributed by atoms with van der Waals surface area (Å²) in [7, 11) is 0. The average molecular weight is 411 g/mol. The Morgan fingerprint density at radius 3 is 2.47 bits per heavy atom. The summed E-state index contributed by atoms with van der Waals surface area (Å²) in [6.07, 6.45) is 2.80. The van der Waals surface area contributed by atoms with Gasteiger partial charge in [-0.3, -0.25) is 14.6 Å². The van der Waals surface area contributed by atoms with Crippen molar-refractivity contribution in [2.24, 2.45) is 16.9 Å². The number of aromatic nitrogens is 3. The first-order valence-corrected chi connectivity index (χ1v) is 9.09. The molecule has 0 saturated heterocycles. The quantitative estimate of drug-likeness (QED) is 0.486. The third-order valence-electron chi connectivity index (χ3n) is 4.35. The van der Waals surface area contributed by atoms with Crippen molar-refractivity contribution in [3.05, 3.63) is 48.2 Å². The van der Waals surface area contributed by atoms with Crippen LogP contribution in [0.4, 0.5) is 21.7 Å². The summed E-state index contributed by atoms with van der Waals surface area (Å²) in [5, 5.41) is 6.43. The van der Waals surface area contributed by atoms with Crippen molar-refractivity contribution < 1.29 is 14.0 Å². The lowest BCUT2D eigenvalue weighted by molar-refractivity contribution is -0.120. The first kappa shape index (κ1) is 20.9. The molecule has 6 N–H and O–H groups in total. The summed E-state index contributed by atoms with van der Waals surface area (Å²) in [5.74, 6) is -1.47. The maximum atomic E-state index is 13.5. The standard InChI is InChI=1S/C20H22FN7O2/c1-20(2,3)16(18(23)30)27-14-9-25-15(17(22)29)19(28-14)26-12-7-10-6-11(21)4-5-13(10)24-8-12/h4-9,16H,1-3H3,(H2,22,29)(H2,23,30)(H2,26,27,28)/t16-/m0/s1. The van der Waals surface area contributed by atoms with E-state index in [0.717, 1.165) is 0 Å². The number of amides is 2. The van der Waals surface area contributed by atoms with E-state index < -0.39 is 29.1 Å². The number of hydrogen-bond donors (Lipinski definition) is 4. The summed E-state index contributed by atoms with van der Waals surface area (Å²) in [6, 6.07) is 5.14. The third-order valence-corrected chi connectivity index (χ3v) is 4.35. The number of rotatable bonds is 6. The van der Waals surface area contributed by atoms with E-state index in [-0.39, 0.29) is 17.3 Å². The zero-order valence-corrected chi connectivity index (χ0v) is 16.7. The SMILES string of the molecule is CC(C)(C)[C@@H](Nc1cnc(C(N)=O)c(Nc2cnc3ccc(F)cc3c2)n1)C(N)=O. The number of benzene rings is 1. The van der Waals surface area contributed by atoms with Crippen molar-refractivity contribution in [2.45, 2.75) is 26.8 Å². The second-order valence-electron chi connectivity index (χ2n) is 7.85. The van der Waals surface area contributed by atoms with Gasteiger partial charge in [0.25, 0.3) is 5.91 Å². The molecule has 10 heteroatoms. The minimum absolute atomic E-state index is 0.0576. The molecule has 9 nitrogen and oxygen atoms in total. The van der Waals surface area contributed by atoms with Gasteiger partial charge in [-0.15, -0.1) is 0 Å². The van der Waals surface area contributed by atoms with Crippen LogP contribution in [0.15, 0.2) is 36.7 Å². The van der Waals surface area contributed by atoms with E-state index in [1.54, 1.807) is 12.1 Å². The minimum Gasteiger partial charge on any atom is -0.368 e. The number of hydrogen-bond acceptors (Lipinski definition) is 7. The van der Waals surface area contributed by atoms with Gasteiger partial charge in [-0.1, -0.05) is 20.8 Å². The van der Waals surface area contributed by atoms with Gasteiger partial charge in [0.05, 0.1) is 23.6 Å². The van der Waals surface area contributed by atoms with Gasteiger partial charge in [-0.05, 0) is 29.7 Å². The number of carbonyl (C=O) groups is 2. The number of carbonyl (C=O) groups excluding carboxylic acids is 2. The normalized spacial score (nSPS) is 12.4. The van der Waals surface area contributed by atoms with Crippen LogP contribution in [0, 0.1) is 11.2 Å².